The fraction of sp³-hybridized carbons (Fsp3) is 1.00. The molecule has 1 N–H and O–H groups in total. The van der Waals surface area contributed by atoms with Gasteiger partial charge in [0.2, 0.25) is 0 Å². The van der Waals surface area contributed by atoms with Gasteiger partial charge in [0.15, 0.2) is 0 Å². The maximum atomic E-state index is 9.98. The van der Waals surface area contributed by atoms with Gasteiger partial charge in [-0.05, 0) is 6.42 Å². The van der Waals surface area contributed by atoms with Crippen molar-refractivity contribution >= 4 is 11.1 Å². The summed E-state index contributed by atoms with van der Waals surface area (Å²) in [6, 6.07) is 0. The Bertz CT molecular complexity index is 83.4. The molecule has 8 heavy (non-hydrogen) atoms. The normalized spacial score (nSPS) is 17.9. The molecule has 0 saturated carbocycles. The Morgan fingerprint density at radius 2 is 2.38 bits per heavy atom. The van der Waals surface area contributed by atoms with Crippen LogP contribution in [0.25, 0.3) is 0 Å². The summed E-state index contributed by atoms with van der Waals surface area (Å²) in [7, 11) is 0. The van der Waals surface area contributed by atoms with E-state index < -0.39 is 16.3 Å². The second-order valence-electron chi connectivity index (χ2n) is 1.58. The van der Waals surface area contributed by atoms with Crippen molar-refractivity contribution < 1.29 is 13.9 Å². The molecule has 3 nitrogen and oxygen atoms in total. The van der Waals surface area contributed by atoms with Gasteiger partial charge in [0.05, 0.1) is 0 Å². The van der Waals surface area contributed by atoms with E-state index in [4.69, 9.17) is 5.11 Å². The molecule has 0 spiro atoms. The van der Waals surface area contributed by atoms with E-state index in [1.54, 1.807) is 6.92 Å². The summed E-state index contributed by atoms with van der Waals surface area (Å²) in [5.41, 5.74) is 0. The third-order valence-corrected chi connectivity index (χ3v) is 1.76. The molecule has 2 atom stereocenters. The summed E-state index contributed by atoms with van der Waals surface area (Å²) in [5.74, 6) is 0. The topological polar surface area (TPSA) is 60.4 Å². The van der Waals surface area contributed by atoms with Crippen LogP contribution in [0.3, 0.4) is 0 Å². The van der Waals surface area contributed by atoms with Gasteiger partial charge in [-0.2, -0.15) is 0 Å². The summed E-state index contributed by atoms with van der Waals surface area (Å²) in [6.07, 6.45) is 0.329. The molecule has 2 unspecified atom stereocenters. The summed E-state index contributed by atoms with van der Waals surface area (Å²) >= 11 is -2.02. The van der Waals surface area contributed by atoms with Gasteiger partial charge in [0, 0.05) is 11.9 Å². The molecule has 0 bridgehead atoms. The highest BCUT2D eigenvalue weighted by Gasteiger charge is 1.97. The van der Waals surface area contributed by atoms with Crippen molar-refractivity contribution in [3.63, 3.8) is 0 Å². The van der Waals surface area contributed by atoms with Gasteiger partial charge in [-0.3, -0.25) is 4.21 Å². The lowest BCUT2D eigenvalue weighted by Crippen LogP contribution is -2.11. The van der Waals surface area contributed by atoms with Crippen LogP contribution in [0.4, 0.5) is 0 Å². The molecule has 0 aliphatic rings. The molecular formula is C4H9O3S-. The predicted molar refractivity (Wildman–Crippen MR) is 30.1 cm³/mol. The van der Waals surface area contributed by atoms with E-state index in [0.717, 1.165) is 0 Å². The second kappa shape index (κ2) is 4.00. The zero-order valence-corrected chi connectivity index (χ0v) is 5.48. The van der Waals surface area contributed by atoms with Crippen LogP contribution in [0.1, 0.15) is 13.3 Å². The number of aliphatic hydroxyl groups is 1. The number of aliphatic hydroxyl groups excluding tert-OH is 1. The van der Waals surface area contributed by atoms with Gasteiger partial charge in [0.1, 0.15) is 0 Å². The summed E-state index contributed by atoms with van der Waals surface area (Å²) in [5, 5.41) is 7.80. The zero-order chi connectivity index (χ0) is 6.57. The van der Waals surface area contributed by atoms with E-state index in [2.05, 4.69) is 0 Å². The van der Waals surface area contributed by atoms with Crippen molar-refractivity contribution in [1.82, 2.24) is 0 Å². The molecule has 4 heteroatoms. The van der Waals surface area contributed by atoms with Crippen molar-refractivity contribution in [2.45, 2.75) is 18.6 Å². The first-order valence-corrected chi connectivity index (χ1v) is 3.51. The quantitative estimate of drug-likeness (QED) is 0.540. The minimum absolute atomic E-state index is 0.0604. The average Bonchev–Trinajstić information content (AvgIpc) is 1.67. The molecule has 50 valence electrons. The van der Waals surface area contributed by atoms with Gasteiger partial charge in [-0.25, -0.2) is 0 Å². The molecule has 0 aromatic heterocycles. The van der Waals surface area contributed by atoms with E-state index in [1.807, 2.05) is 0 Å². The van der Waals surface area contributed by atoms with Gasteiger partial charge >= 0.3 is 0 Å². The van der Waals surface area contributed by atoms with E-state index >= 15 is 0 Å². The van der Waals surface area contributed by atoms with Crippen molar-refractivity contribution in [3.8, 4) is 0 Å². The Hall–Kier alpha value is 0.0700. The molecule has 0 aliphatic carbocycles. The zero-order valence-electron chi connectivity index (χ0n) is 4.66. The van der Waals surface area contributed by atoms with Crippen LogP contribution in [0.15, 0.2) is 0 Å². The van der Waals surface area contributed by atoms with Crippen LogP contribution in [0, 0.1) is 0 Å². The number of hydrogen-bond acceptors (Lipinski definition) is 3. The standard InChI is InChI=1S/C4H10O3S/c1-4(2-3-5)8(6)7/h4-5H,2-3H2,1H3,(H,6,7)/p-1. The van der Waals surface area contributed by atoms with Gasteiger partial charge in [0.25, 0.3) is 0 Å². The molecule has 0 fully saturated rings. The molecule has 0 aliphatic heterocycles. The lowest BCUT2D eigenvalue weighted by molar-refractivity contribution is 0.286. The molecule has 0 rings (SSSR count). The number of hydrogen-bond donors (Lipinski definition) is 1. The van der Waals surface area contributed by atoms with Gasteiger partial charge in [-0.1, -0.05) is 18.0 Å². The molecule has 0 amide bonds. The first kappa shape index (κ1) is 8.07. The average molecular weight is 137 g/mol. The lowest BCUT2D eigenvalue weighted by atomic mass is 10.4. The monoisotopic (exact) mass is 137 g/mol. The summed E-state index contributed by atoms with van der Waals surface area (Å²) in [6.45, 7) is 1.49. The molecule has 0 heterocycles. The largest absolute Gasteiger partial charge is 0.772 e. The van der Waals surface area contributed by atoms with Crippen LogP contribution >= 0.6 is 0 Å². The van der Waals surface area contributed by atoms with Crippen LogP contribution in [-0.2, 0) is 11.1 Å². The molecular weight excluding hydrogens is 128 g/mol. The highest BCUT2D eigenvalue weighted by molar-refractivity contribution is 7.79. The fourth-order valence-electron chi connectivity index (χ4n) is 0.278. The SMILES string of the molecule is CC(CCO)S(=O)[O-]. The van der Waals surface area contributed by atoms with Crippen molar-refractivity contribution in [1.29, 1.82) is 0 Å². The van der Waals surface area contributed by atoms with Gasteiger partial charge in [-0.15, -0.1) is 0 Å². The first-order valence-electron chi connectivity index (χ1n) is 2.37. The minimum Gasteiger partial charge on any atom is -0.772 e. The van der Waals surface area contributed by atoms with E-state index in [1.165, 1.54) is 0 Å². The Balaban J connectivity index is 3.32. The van der Waals surface area contributed by atoms with Crippen molar-refractivity contribution in [2.24, 2.45) is 0 Å². The Morgan fingerprint density at radius 3 is 2.50 bits per heavy atom. The molecule has 0 aromatic rings. The second-order valence-corrected chi connectivity index (χ2v) is 2.91. The predicted octanol–water partition coefficient (Wildman–Crippen LogP) is -0.364. The van der Waals surface area contributed by atoms with Crippen LogP contribution in [0.5, 0.6) is 0 Å². The lowest BCUT2D eigenvalue weighted by Gasteiger charge is -2.11. The third kappa shape index (κ3) is 3.12. The first-order chi connectivity index (χ1) is 3.68. The molecule has 0 radical (unpaired) electrons. The minimum atomic E-state index is -2.02. The van der Waals surface area contributed by atoms with Crippen molar-refractivity contribution in [2.75, 3.05) is 6.61 Å². The van der Waals surface area contributed by atoms with Crippen LogP contribution < -0.4 is 0 Å². The highest BCUT2D eigenvalue weighted by atomic mass is 32.2. The smallest absolute Gasteiger partial charge is 0.0441 e. The Labute approximate surface area is 51.0 Å². The highest BCUT2D eigenvalue weighted by Crippen LogP contribution is 1.95. The molecule has 0 aromatic carbocycles. The Morgan fingerprint density at radius 1 is 1.88 bits per heavy atom. The van der Waals surface area contributed by atoms with E-state index in [0.29, 0.717) is 6.42 Å². The fourth-order valence-corrected chi connectivity index (χ4v) is 0.576. The third-order valence-electron chi connectivity index (χ3n) is 0.864. The van der Waals surface area contributed by atoms with Crippen LogP contribution in [0.2, 0.25) is 0 Å². The van der Waals surface area contributed by atoms with E-state index in [9.17, 15) is 8.76 Å². The summed E-state index contributed by atoms with van der Waals surface area (Å²) in [4.78, 5) is 0. The van der Waals surface area contributed by atoms with E-state index in [-0.39, 0.29) is 6.61 Å². The maximum absolute atomic E-state index is 9.98. The summed E-state index contributed by atoms with van der Waals surface area (Å²) < 4.78 is 20.0. The molecule has 0 saturated heterocycles. The number of rotatable bonds is 3. The van der Waals surface area contributed by atoms with Crippen molar-refractivity contribution in [3.05, 3.63) is 0 Å². The Kier molecular flexibility index (Phi) is 4.03. The maximum Gasteiger partial charge on any atom is 0.0441 e. The van der Waals surface area contributed by atoms with Crippen LogP contribution in [-0.4, -0.2) is 25.7 Å². The van der Waals surface area contributed by atoms with Gasteiger partial charge < -0.3 is 9.66 Å².